The van der Waals surface area contributed by atoms with Gasteiger partial charge in [0, 0.05) is 36.9 Å². The Bertz CT molecular complexity index is 831. The van der Waals surface area contributed by atoms with Crippen molar-refractivity contribution in [3.8, 4) is 0 Å². The second-order valence-electron chi connectivity index (χ2n) is 7.17. The van der Waals surface area contributed by atoms with Gasteiger partial charge in [-0.25, -0.2) is 8.42 Å². The van der Waals surface area contributed by atoms with Gasteiger partial charge in [0.25, 0.3) is 0 Å². The molecule has 26 heavy (non-hydrogen) atoms. The molecule has 142 valence electrons. The van der Waals surface area contributed by atoms with Crippen LogP contribution >= 0.6 is 0 Å². The molecule has 2 aromatic rings. The lowest BCUT2D eigenvalue weighted by atomic mass is 9.91. The molecule has 0 aliphatic heterocycles. The number of aromatic nitrogens is 3. The van der Waals surface area contributed by atoms with Crippen LogP contribution in [-0.2, 0) is 41.4 Å². The van der Waals surface area contributed by atoms with Crippen LogP contribution in [0.1, 0.15) is 42.3 Å². The number of aryl methyl sites for hydroxylation is 1. The lowest BCUT2D eigenvalue weighted by Gasteiger charge is -2.24. The van der Waals surface area contributed by atoms with Gasteiger partial charge in [0.05, 0.1) is 11.4 Å². The summed E-state index contributed by atoms with van der Waals surface area (Å²) in [6.07, 6.45) is 9.80. The van der Waals surface area contributed by atoms with Crippen molar-refractivity contribution < 1.29 is 8.42 Å². The van der Waals surface area contributed by atoms with E-state index in [9.17, 15) is 8.42 Å². The van der Waals surface area contributed by atoms with Crippen molar-refractivity contribution in [3.63, 3.8) is 0 Å². The van der Waals surface area contributed by atoms with Crippen LogP contribution < -0.4 is 5.32 Å². The van der Waals surface area contributed by atoms with Crippen LogP contribution in [0.4, 0.5) is 0 Å². The van der Waals surface area contributed by atoms with E-state index in [4.69, 9.17) is 0 Å². The number of hydrogen-bond acceptors (Lipinski definition) is 5. The molecule has 6 nitrogen and oxygen atoms in total. The highest BCUT2D eigenvalue weighted by molar-refractivity contribution is 7.89. The number of nitrogens with one attached hydrogen (secondary N) is 1. The Labute approximate surface area is 155 Å². The largest absolute Gasteiger partial charge is 0.313 e. The van der Waals surface area contributed by atoms with Crippen molar-refractivity contribution >= 4 is 9.84 Å². The molecule has 1 N–H and O–H groups in total. The minimum Gasteiger partial charge on any atom is -0.313 e. The number of nitrogens with zero attached hydrogens (tertiary/aromatic N) is 3. The molecule has 0 saturated carbocycles. The van der Waals surface area contributed by atoms with Gasteiger partial charge in [0.2, 0.25) is 0 Å². The number of rotatable bonds is 8. The summed E-state index contributed by atoms with van der Waals surface area (Å²) in [7, 11) is -3.09. The fourth-order valence-electron chi connectivity index (χ4n) is 3.67. The first-order valence-electron chi connectivity index (χ1n) is 9.33. The first kappa shape index (κ1) is 19.0. The maximum absolute atomic E-state index is 11.8. The predicted octanol–water partition coefficient (Wildman–Crippen LogP) is 1.92. The Morgan fingerprint density at radius 2 is 2.23 bits per heavy atom. The van der Waals surface area contributed by atoms with E-state index >= 15 is 0 Å². The topological polar surface area (TPSA) is 76.9 Å². The zero-order chi connectivity index (χ0) is 18.6. The van der Waals surface area contributed by atoms with Crippen LogP contribution in [0.25, 0.3) is 0 Å². The van der Waals surface area contributed by atoms with Crippen LogP contribution in [-0.4, -0.2) is 42.0 Å². The zero-order valence-electron chi connectivity index (χ0n) is 15.6. The van der Waals surface area contributed by atoms with Gasteiger partial charge < -0.3 is 5.32 Å². The van der Waals surface area contributed by atoms with Crippen molar-refractivity contribution in [2.24, 2.45) is 0 Å². The highest BCUT2D eigenvalue weighted by Crippen LogP contribution is 2.26. The number of pyridine rings is 1. The minimum atomic E-state index is -3.09. The molecule has 3 rings (SSSR count). The molecule has 1 aliphatic rings. The second-order valence-corrected chi connectivity index (χ2v) is 9.31. The van der Waals surface area contributed by atoms with Crippen molar-refractivity contribution in [2.75, 3.05) is 12.8 Å². The van der Waals surface area contributed by atoms with E-state index < -0.39 is 9.84 Å². The van der Waals surface area contributed by atoms with E-state index in [1.807, 2.05) is 16.9 Å². The Hall–Kier alpha value is -1.73. The molecule has 1 aliphatic carbocycles. The molecule has 0 bridgehead atoms. The van der Waals surface area contributed by atoms with Crippen molar-refractivity contribution in [3.05, 3.63) is 47.0 Å². The van der Waals surface area contributed by atoms with Gasteiger partial charge in [-0.05, 0) is 55.8 Å². The monoisotopic (exact) mass is 376 g/mol. The molecule has 2 heterocycles. The molecule has 1 atom stereocenters. The maximum atomic E-state index is 11.8. The zero-order valence-corrected chi connectivity index (χ0v) is 16.4. The Balaban J connectivity index is 1.67. The van der Waals surface area contributed by atoms with Gasteiger partial charge in [0.1, 0.15) is 0 Å². The summed E-state index contributed by atoms with van der Waals surface area (Å²) in [5, 5.41) is 8.26. The third-order valence-corrected chi connectivity index (χ3v) is 5.63. The summed E-state index contributed by atoms with van der Waals surface area (Å²) in [6, 6.07) is 4.42. The van der Waals surface area contributed by atoms with E-state index in [1.54, 1.807) is 6.20 Å². The van der Waals surface area contributed by atoms with Gasteiger partial charge in [0.15, 0.2) is 9.84 Å². The molecule has 0 fully saturated rings. The maximum Gasteiger partial charge on any atom is 0.153 e. The molecule has 0 saturated heterocycles. The van der Waals surface area contributed by atoms with Gasteiger partial charge in [-0.3, -0.25) is 9.67 Å². The normalized spacial score (nSPS) is 17.2. The Morgan fingerprint density at radius 3 is 2.92 bits per heavy atom. The molecular formula is C19H28N4O2S. The van der Waals surface area contributed by atoms with Crippen LogP contribution in [0.5, 0.6) is 0 Å². The lowest BCUT2D eigenvalue weighted by Crippen LogP contribution is -2.36. The van der Waals surface area contributed by atoms with Crippen LogP contribution in [0.3, 0.4) is 0 Å². The minimum absolute atomic E-state index is 0.0362. The van der Waals surface area contributed by atoms with Crippen LogP contribution in [0.15, 0.2) is 24.5 Å². The molecule has 0 radical (unpaired) electrons. The van der Waals surface area contributed by atoms with E-state index in [-0.39, 0.29) is 5.75 Å². The number of hydrogen-bond donors (Lipinski definition) is 1. The highest BCUT2D eigenvalue weighted by atomic mass is 32.2. The summed E-state index contributed by atoms with van der Waals surface area (Å²) in [4.78, 5) is 4.15. The van der Waals surface area contributed by atoms with E-state index in [2.05, 4.69) is 28.4 Å². The van der Waals surface area contributed by atoms with Crippen LogP contribution in [0.2, 0.25) is 0 Å². The number of sulfone groups is 1. The van der Waals surface area contributed by atoms with E-state index in [0.29, 0.717) is 6.04 Å². The molecule has 2 aromatic heterocycles. The summed E-state index contributed by atoms with van der Waals surface area (Å²) >= 11 is 0. The molecule has 0 aromatic carbocycles. The van der Waals surface area contributed by atoms with Crippen molar-refractivity contribution in [1.29, 1.82) is 0 Å². The standard InChI is InChI=1S/C19H28N4O2S/c1-3-11-23-19-7-6-16(21-10-8-15-5-4-9-20-13-15)12-17(19)18(22-23)14-26(2,24)25/h4-5,9,13,16,21H,3,6-8,10-12,14H2,1-2H3. The predicted molar refractivity (Wildman–Crippen MR) is 103 cm³/mol. The second kappa shape index (κ2) is 8.31. The molecule has 0 spiro atoms. The van der Waals surface area contributed by atoms with Crippen molar-refractivity contribution in [1.82, 2.24) is 20.1 Å². The van der Waals surface area contributed by atoms with Crippen molar-refractivity contribution in [2.45, 2.75) is 57.4 Å². The van der Waals surface area contributed by atoms with Gasteiger partial charge >= 0.3 is 0 Å². The van der Waals surface area contributed by atoms with Gasteiger partial charge in [-0.15, -0.1) is 0 Å². The van der Waals surface area contributed by atoms with Gasteiger partial charge in [-0.2, -0.15) is 5.10 Å². The van der Waals surface area contributed by atoms with E-state index in [1.165, 1.54) is 17.5 Å². The van der Waals surface area contributed by atoms with Gasteiger partial charge in [-0.1, -0.05) is 13.0 Å². The summed E-state index contributed by atoms with van der Waals surface area (Å²) < 4.78 is 25.6. The smallest absolute Gasteiger partial charge is 0.153 e. The SMILES string of the molecule is CCCn1nc(CS(C)(=O)=O)c2c1CCC(NCCc1cccnc1)C2. The molecule has 0 amide bonds. The molecule has 7 heteroatoms. The Morgan fingerprint density at radius 1 is 1.38 bits per heavy atom. The lowest BCUT2D eigenvalue weighted by molar-refractivity contribution is 0.446. The first-order chi connectivity index (χ1) is 12.5. The first-order valence-corrected chi connectivity index (χ1v) is 11.4. The highest BCUT2D eigenvalue weighted by Gasteiger charge is 2.27. The number of fused-ring (bicyclic) bond motifs is 1. The quantitative estimate of drug-likeness (QED) is 0.762. The third-order valence-electron chi connectivity index (χ3n) is 4.83. The van der Waals surface area contributed by atoms with Crippen LogP contribution in [0, 0.1) is 0 Å². The summed E-state index contributed by atoms with van der Waals surface area (Å²) in [6.45, 7) is 3.87. The third kappa shape index (κ3) is 4.92. The van der Waals surface area contributed by atoms with E-state index in [0.717, 1.165) is 56.5 Å². The summed E-state index contributed by atoms with van der Waals surface area (Å²) in [5.41, 5.74) is 4.35. The average Bonchev–Trinajstić information content (AvgIpc) is 2.92. The molecule has 1 unspecified atom stereocenters. The summed E-state index contributed by atoms with van der Waals surface area (Å²) in [5.74, 6) is 0.0362. The Kier molecular flexibility index (Phi) is 6.09. The average molecular weight is 377 g/mol. The fourth-order valence-corrected chi connectivity index (χ4v) is 4.39. The molecular weight excluding hydrogens is 348 g/mol. The fraction of sp³-hybridized carbons (Fsp3) is 0.579.